The van der Waals surface area contributed by atoms with E-state index in [2.05, 4.69) is 15.9 Å². The van der Waals surface area contributed by atoms with Crippen LogP contribution in [0.25, 0.3) is 0 Å². The van der Waals surface area contributed by atoms with Crippen molar-refractivity contribution in [3.05, 3.63) is 16.5 Å². The number of aliphatic hydroxyl groups is 1. The van der Waals surface area contributed by atoms with E-state index < -0.39 is 10.0 Å². The highest BCUT2D eigenvalue weighted by atomic mass is 79.9. The molecule has 1 saturated heterocycles. The van der Waals surface area contributed by atoms with Gasteiger partial charge in [0.15, 0.2) is 4.67 Å². The molecular weight excluding hydrogens is 334 g/mol. The Balaban J connectivity index is 1.88. The first-order chi connectivity index (χ1) is 9.02. The molecule has 2 unspecified atom stereocenters. The molecule has 1 aromatic rings. The standard InChI is InChI=1S/C12H16BrNO4S/c13-12-11(4-10(7-15)18-12)19(16,17)14-5-8-2-1-3-9(8)6-14/h4,8-9,15H,1-3,5-7H2. The summed E-state index contributed by atoms with van der Waals surface area (Å²) in [4.78, 5) is 0.122. The van der Waals surface area contributed by atoms with Gasteiger partial charge >= 0.3 is 0 Å². The summed E-state index contributed by atoms with van der Waals surface area (Å²) in [7, 11) is -3.52. The van der Waals surface area contributed by atoms with Gasteiger partial charge in [0.2, 0.25) is 10.0 Å². The van der Waals surface area contributed by atoms with E-state index in [1.54, 1.807) is 4.31 Å². The molecule has 2 heterocycles. The monoisotopic (exact) mass is 349 g/mol. The summed E-state index contributed by atoms with van der Waals surface area (Å²) in [5.41, 5.74) is 0. The maximum absolute atomic E-state index is 12.6. The van der Waals surface area contributed by atoms with Crippen LogP contribution in [0.3, 0.4) is 0 Å². The fraction of sp³-hybridized carbons (Fsp3) is 0.667. The zero-order valence-electron chi connectivity index (χ0n) is 10.4. The molecule has 0 aromatic carbocycles. The summed E-state index contributed by atoms with van der Waals surface area (Å²) in [5, 5.41) is 9.01. The molecule has 1 N–H and O–H groups in total. The molecule has 0 bridgehead atoms. The van der Waals surface area contributed by atoms with Crippen molar-refractivity contribution in [1.29, 1.82) is 0 Å². The Bertz CT molecular complexity index is 571. The normalized spacial score (nSPS) is 27.9. The van der Waals surface area contributed by atoms with Gasteiger partial charge in [-0.2, -0.15) is 4.31 Å². The van der Waals surface area contributed by atoms with Crippen LogP contribution in [-0.4, -0.2) is 30.9 Å². The SMILES string of the molecule is O=S(=O)(c1cc(CO)oc1Br)N1CC2CCCC2C1. The minimum atomic E-state index is -3.52. The van der Waals surface area contributed by atoms with Crippen molar-refractivity contribution in [1.82, 2.24) is 4.31 Å². The molecule has 19 heavy (non-hydrogen) atoms. The van der Waals surface area contributed by atoms with Gasteiger partial charge in [-0.15, -0.1) is 0 Å². The third kappa shape index (κ3) is 2.26. The quantitative estimate of drug-likeness (QED) is 0.905. The van der Waals surface area contributed by atoms with E-state index in [1.807, 2.05) is 0 Å². The molecular formula is C12H16BrNO4S. The maximum Gasteiger partial charge on any atom is 0.247 e. The van der Waals surface area contributed by atoms with Crippen LogP contribution >= 0.6 is 15.9 Å². The van der Waals surface area contributed by atoms with Crippen molar-refractivity contribution in [3.8, 4) is 0 Å². The van der Waals surface area contributed by atoms with Crippen LogP contribution in [0.4, 0.5) is 0 Å². The molecule has 1 aliphatic heterocycles. The number of rotatable bonds is 3. The molecule has 1 aromatic heterocycles. The number of halogens is 1. The minimum Gasteiger partial charge on any atom is -0.450 e. The van der Waals surface area contributed by atoms with Crippen LogP contribution < -0.4 is 0 Å². The molecule has 5 nitrogen and oxygen atoms in total. The summed E-state index contributed by atoms with van der Waals surface area (Å²) >= 11 is 3.12. The Morgan fingerprint density at radius 3 is 2.53 bits per heavy atom. The highest BCUT2D eigenvalue weighted by molar-refractivity contribution is 9.10. The van der Waals surface area contributed by atoms with E-state index in [9.17, 15) is 8.42 Å². The number of hydrogen-bond donors (Lipinski definition) is 1. The Labute approximate surface area is 120 Å². The van der Waals surface area contributed by atoms with Crippen LogP contribution in [0.15, 0.2) is 20.0 Å². The lowest BCUT2D eigenvalue weighted by molar-refractivity contribution is 0.245. The van der Waals surface area contributed by atoms with E-state index in [1.165, 1.54) is 12.5 Å². The zero-order valence-corrected chi connectivity index (χ0v) is 12.8. The summed E-state index contributed by atoms with van der Waals surface area (Å²) in [6, 6.07) is 1.40. The molecule has 2 aliphatic rings. The Morgan fingerprint density at radius 2 is 2.00 bits per heavy atom. The van der Waals surface area contributed by atoms with E-state index in [-0.39, 0.29) is 21.9 Å². The van der Waals surface area contributed by atoms with Gasteiger partial charge in [-0.25, -0.2) is 8.42 Å². The van der Waals surface area contributed by atoms with Gasteiger partial charge in [0.25, 0.3) is 0 Å². The van der Waals surface area contributed by atoms with Crippen molar-refractivity contribution >= 4 is 26.0 Å². The first-order valence-electron chi connectivity index (χ1n) is 6.41. The van der Waals surface area contributed by atoms with Gasteiger partial charge in [-0.1, -0.05) is 6.42 Å². The average Bonchev–Trinajstić information content (AvgIpc) is 3.00. The lowest BCUT2D eigenvalue weighted by Gasteiger charge is -2.16. The molecule has 1 saturated carbocycles. The Morgan fingerprint density at radius 1 is 1.37 bits per heavy atom. The largest absolute Gasteiger partial charge is 0.450 e. The number of hydrogen-bond acceptors (Lipinski definition) is 4. The minimum absolute atomic E-state index is 0.122. The molecule has 106 valence electrons. The van der Waals surface area contributed by atoms with Crippen molar-refractivity contribution in [2.45, 2.75) is 30.8 Å². The summed E-state index contributed by atoms with van der Waals surface area (Å²) in [6.07, 6.45) is 3.48. The number of sulfonamides is 1. The van der Waals surface area contributed by atoms with Gasteiger partial charge in [0.1, 0.15) is 17.3 Å². The van der Waals surface area contributed by atoms with E-state index in [0.29, 0.717) is 24.9 Å². The first-order valence-corrected chi connectivity index (χ1v) is 8.65. The van der Waals surface area contributed by atoms with Crippen molar-refractivity contribution < 1.29 is 17.9 Å². The third-order valence-corrected chi connectivity index (χ3v) is 6.86. The second-order valence-electron chi connectivity index (χ2n) is 5.28. The van der Waals surface area contributed by atoms with Crippen LogP contribution in [0.1, 0.15) is 25.0 Å². The topological polar surface area (TPSA) is 70.8 Å². The second kappa shape index (κ2) is 4.87. The number of furan rings is 1. The molecule has 3 rings (SSSR count). The smallest absolute Gasteiger partial charge is 0.247 e. The number of aliphatic hydroxyl groups excluding tert-OH is 1. The number of nitrogens with zero attached hydrogens (tertiary/aromatic N) is 1. The highest BCUT2D eigenvalue weighted by Crippen LogP contribution is 2.40. The van der Waals surface area contributed by atoms with Crippen LogP contribution in [0.5, 0.6) is 0 Å². The molecule has 7 heteroatoms. The first kappa shape index (κ1) is 13.6. The van der Waals surface area contributed by atoms with Crippen molar-refractivity contribution in [2.24, 2.45) is 11.8 Å². The van der Waals surface area contributed by atoms with Crippen LogP contribution in [0.2, 0.25) is 0 Å². The van der Waals surface area contributed by atoms with Crippen LogP contribution in [0, 0.1) is 11.8 Å². The molecule has 0 radical (unpaired) electrons. The van der Waals surface area contributed by atoms with Gasteiger partial charge in [0.05, 0.1) is 0 Å². The molecule has 0 amide bonds. The predicted octanol–water partition coefficient (Wildman–Crippen LogP) is 1.96. The van der Waals surface area contributed by atoms with Gasteiger partial charge in [-0.3, -0.25) is 0 Å². The van der Waals surface area contributed by atoms with Gasteiger partial charge in [0, 0.05) is 19.2 Å². The van der Waals surface area contributed by atoms with E-state index in [0.717, 1.165) is 12.8 Å². The lowest BCUT2D eigenvalue weighted by atomic mass is 10.0. The summed E-state index contributed by atoms with van der Waals surface area (Å²) in [5.74, 6) is 1.28. The molecule has 0 spiro atoms. The zero-order chi connectivity index (χ0) is 13.6. The molecule has 2 fully saturated rings. The third-order valence-electron chi connectivity index (χ3n) is 4.17. The number of fused-ring (bicyclic) bond motifs is 1. The summed E-state index contributed by atoms with van der Waals surface area (Å²) in [6.45, 7) is 0.914. The molecule has 1 aliphatic carbocycles. The Kier molecular flexibility index (Phi) is 3.49. The predicted molar refractivity (Wildman–Crippen MR) is 71.9 cm³/mol. The fourth-order valence-corrected chi connectivity index (χ4v) is 5.69. The van der Waals surface area contributed by atoms with E-state index >= 15 is 0 Å². The lowest BCUT2D eigenvalue weighted by Crippen LogP contribution is -2.29. The van der Waals surface area contributed by atoms with Crippen LogP contribution in [-0.2, 0) is 16.6 Å². The van der Waals surface area contributed by atoms with Gasteiger partial charge < -0.3 is 9.52 Å². The molecule has 2 atom stereocenters. The van der Waals surface area contributed by atoms with Crippen molar-refractivity contribution in [3.63, 3.8) is 0 Å². The van der Waals surface area contributed by atoms with E-state index in [4.69, 9.17) is 9.52 Å². The second-order valence-corrected chi connectivity index (χ2v) is 7.91. The van der Waals surface area contributed by atoms with Gasteiger partial charge in [-0.05, 0) is 40.6 Å². The Hall–Kier alpha value is -0.370. The average molecular weight is 350 g/mol. The van der Waals surface area contributed by atoms with Crippen molar-refractivity contribution in [2.75, 3.05) is 13.1 Å². The maximum atomic E-state index is 12.6. The highest BCUT2D eigenvalue weighted by Gasteiger charge is 2.42. The summed E-state index contributed by atoms with van der Waals surface area (Å²) < 4.78 is 32.0. The fourth-order valence-electron chi connectivity index (χ4n) is 3.18.